The molecule has 1 N–H and O–H groups in total. The van der Waals surface area contributed by atoms with Crippen LogP contribution < -0.4 is 4.18 Å². The van der Waals surface area contributed by atoms with E-state index in [-0.39, 0.29) is 27.3 Å². The first-order valence-electron chi connectivity index (χ1n) is 5.93. The van der Waals surface area contributed by atoms with E-state index in [0.29, 0.717) is 5.56 Å². The largest absolute Gasteiger partial charge is 0.392 e. The second kappa shape index (κ2) is 6.23. The van der Waals surface area contributed by atoms with Crippen molar-refractivity contribution in [3.63, 3.8) is 0 Å². The summed E-state index contributed by atoms with van der Waals surface area (Å²) in [6, 6.07) is 8.99. The maximum atomic E-state index is 12.2. The van der Waals surface area contributed by atoms with Crippen LogP contribution in [0.2, 0.25) is 10.0 Å². The maximum absolute atomic E-state index is 12.2. The van der Waals surface area contributed by atoms with Gasteiger partial charge in [-0.25, -0.2) is 0 Å². The van der Waals surface area contributed by atoms with Gasteiger partial charge < -0.3 is 9.29 Å². The number of hydrogen-bond donors (Lipinski definition) is 1. The van der Waals surface area contributed by atoms with Crippen LogP contribution in [0.3, 0.4) is 0 Å². The number of hydrogen-bond acceptors (Lipinski definition) is 4. The van der Waals surface area contributed by atoms with Gasteiger partial charge in [-0.15, -0.1) is 0 Å². The van der Waals surface area contributed by atoms with Crippen LogP contribution in [0.1, 0.15) is 11.1 Å². The lowest BCUT2D eigenvalue weighted by Crippen LogP contribution is -2.10. The minimum Gasteiger partial charge on any atom is -0.392 e. The first-order valence-corrected chi connectivity index (χ1v) is 8.10. The molecule has 0 atom stereocenters. The monoisotopic (exact) mass is 346 g/mol. The summed E-state index contributed by atoms with van der Waals surface area (Å²) in [4.78, 5) is 0.00599. The van der Waals surface area contributed by atoms with E-state index in [0.717, 1.165) is 5.56 Å². The van der Waals surface area contributed by atoms with Crippen molar-refractivity contribution in [2.24, 2.45) is 0 Å². The van der Waals surface area contributed by atoms with E-state index in [1.807, 2.05) is 6.92 Å². The van der Waals surface area contributed by atoms with Gasteiger partial charge in [-0.1, -0.05) is 40.9 Å². The normalized spacial score (nSPS) is 11.4. The first-order chi connectivity index (χ1) is 9.83. The van der Waals surface area contributed by atoms with E-state index in [1.165, 1.54) is 24.3 Å². The Morgan fingerprint density at radius 3 is 2.10 bits per heavy atom. The molecule has 21 heavy (non-hydrogen) atoms. The van der Waals surface area contributed by atoms with E-state index in [9.17, 15) is 8.42 Å². The zero-order chi connectivity index (χ0) is 15.6. The Kier molecular flexibility index (Phi) is 4.78. The molecule has 112 valence electrons. The molecule has 7 heteroatoms. The fraction of sp³-hybridized carbons (Fsp3) is 0.143. The molecule has 2 aromatic rings. The zero-order valence-electron chi connectivity index (χ0n) is 11.0. The SMILES string of the molecule is Cc1ccc(S(=O)(=O)Oc2c(Cl)cc(CO)cc2Cl)cc1. The highest BCUT2D eigenvalue weighted by Gasteiger charge is 2.20. The molecule has 0 spiro atoms. The van der Waals surface area contributed by atoms with Gasteiger partial charge in [-0.3, -0.25) is 0 Å². The van der Waals surface area contributed by atoms with Crippen molar-refractivity contribution in [3.8, 4) is 5.75 Å². The van der Waals surface area contributed by atoms with Crippen LogP contribution in [0, 0.1) is 6.92 Å². The number of rotatable bonds is 4. The van der Waals surface area contributed by atoms with E-state index in [2.05, 4.69) is 0 Å². The molecule has 0 heterocycles. The highest BCUT2D eigenvalue weighted by Crippen LogP contribution is 2.36. The van der Waals surface area contributed by atoms with E-state index in [4.69, 9.17) is 32.5 Å². The number of halogens is 2. The summed E-state index contributed by atoms with van der Waals surface area (Å²) in [5, 5.41) is 9.07. The molecule has 0 aliphatic heterocycles. The standard InChI is InChI=1S/C14H12Cl2O4S/c1-9-2-4-11(5-3-9)21(18,19)20-14-12(15)6-10(8-17)7-13(14)16/h2-7,17H,8H2,1H3. The lowest BCUT2D eigenvalue weighted by molar-refractivity contribution is 0.282. The van der Waals surface area contributed by atoms with Crippen LogP contribution >= 0.6 is 23.2 Å². The van der Waals surface area contributed by atoms with Crippen LogP contribution in [0.25, 0.3) is 0 Å². The molecule has 2 rings (SSSR count). The van der Waals surface area contributed by atoms with E-state index < -0.39 is 10.1 Å². The lowest BCUT2D eigenvalue weighted by Gasteiger charge is -2.11. The van der Waals surface area contributed by atoms with Gasteiger partial charge in [-0.2, -0.15) is 8.42 Å². The summed E-state index contributed by atoms with van der Waals surface area (Å²) >= 11 is 11.9. The molecule has 0 amide bonds. The number of aryl methyl sites for hydroxylation is 1. The molecular weight excluding hydrogens is 335 g/mol. The summed E-state index contributed by atoms with van der Waals surface area (Å²) in [6.45, 7) is 1.59. The topological polar surface area (TPSA) is 63.6 Å². The van der Waals surface area contributed by atoms with E-state index in [1.54, 1.807) is 12.1 Å². The fourth-order valence-corrected chi connectivity index (χ4v) is 3.31. The Morgan fingerprint density at radius 2 is 1.62 bits per heavy atom. The molecule has 0 radical (unpaired) electrons. The molecule has 4 nitrogen and oxygen atoms in total. The summed E-state index contributed by atoms with van der Waals surface area (Å²) in [5.74, 6) is -0.156. The molecule has 0 fully saturated rings. The molecule has 0 saturated carbocycles. The van der Waals surface area contributed by atoms with Crippen LogP contribution in [-0.2, 0) is 16.7 Å². The highest BCUT2D eigenvalue weighted by molar-refractivity contribution is 7.87. The minimum absolute atomic E-state index is 0.00599. The molecule has 0 bridgehead atoms. The summed E-state index contributed by atoms with van der Waals surface area (Å²) in [5.41, 5.74) is 1.39. The lowest BCUT2D eigenvalue weighted by atomic mass is 10.2. The second-order valence-electron chi connectivity index (χ2n) is 4.40. The summed E-state index contributed by atoms with van der Waals surface area (Å²) in [7, 11) is -4.03. The molecule has 0 saturated heterocycles. The predicted molar refractivity (Wildman–Crippen MR) is 81.4 cm³/mol. The zero-order valence-corrected chi connectivity index (χ0v) is 13.3. The fourth-order valence-electron chi connectivity index (χ4n) is 1.65. The Bertz CT molecular complexity index is 732. The van der Waals surface area contributed by atoms with Crippen LogP contribution in [0.4, 0.5) is 0 Å². The van der Waals surface area contributed by atoms with Crippen LogP contribution in [0.15, 0.2) is 41.3 Å². The van der Waals surface area contributed by atoms with Crippen molar-refractivity contribution >= 4 is 33.3 Å². The van der Waals surface area contributed by atoms with Crippen molar-refractivity contribution in [2.45, 2.75) is 18.4 Å². The molecular formula is C14H12Cl2O4S. The van der Waals surface area contributed by atoms with Crippen molar-refractivity contribution in [3.05, 3.63) is 57.6 Å². The van der Waals surface area contributed by atoms with Crippen molar-refractivity contribution in [1.82, 2.24) is 0 Å². The Morgan fingerprint density at radius 1 is 1.10 bits per heavy atom. The van der Waals surface area contributed by atoms with Gasteiger partial charge in [0.1, 0.15) is 4.90 Å². The van der Waals surface area contributed by atoms with Gasteiger partial charge in [0, 0.05) is 0 Å². The maximum Gasteiger partial charge on any atom is 0.339 e. The minimum atomic E-state index is -4.03. The van der Waals surface area contributed by atoms with Crippen LogP contribution in [0.5, 0.6) is 5.75 Å². The van der Waals surface area contributed by atoms with Crippen molar-refractivity contribution < 1.29 is 17.7 Å². The van der Waals surface area contributed by atoms with Crippen LogP contribution in [-0.4, -0.2) is 13.5 Å². The quantitative estimate of drug-likeness (QED) is 0.859. The Hall–Kier alpha value is -1.27. The van der Waals surface area contributed by atoms with Gasteiger partial charge >= 0.3 is 10.1 Å². The third-order valence-electron chi connectivity index (χ3n) is 2.74. The molecule has 0 aliphatic rings. The molecule has 0 unspecified atom stereocenters. The number of aliphatic hydroxyl groups is 1. The molecule has 2 aromatic carbocycles. The highest BCUT2D eigenvalue weighted by atomic mass is 35.5. The van der Waals surface area contributed by atoms with Gasteiger partial charge in [0.25, 0.3) is 0 Å². The van der Waals surface area contributed by atoms with Gasteiger partial charge in [-0.05, 0) is 36.8 Å². The Labute approximate surface area is 133 Å². The Balaban J connectivity index is 2.39. The molecule has 0 aliphatic carbocycles. The van der Waals surface area contributed by atoms with Gasteiger partial charge in [0.05, 0.1) is 16.7 Å². The number of benzene rings is 2. The summed E-state index contributed by atoms with van der Waals surface area (Å²) in [6.07, 6.45) is 0. The average molecular weight is 347 g/mol. The number of aliphatic hydroxyl groups excluding tert-OH is 1. The van der Waals surface area contributed by atoms with Gasteiger partial charge in [0.15, 0.2) is 5.75 Å². The first kappa shape index (κ1) is 16.1. The predicted octanol–water partition coefficient (Wildman–Crippen LogP) is 3.56. The average Bonchev–Trinajstić information content (AvgIpc) is 2.43. The van der Waals surface area contributed by atoms with E-state index >= 15 is 0 Å². The van der Waals surface area contributed by atoms with Crippen molar-refractivity contribution in [2.75, 3.05) is 0 Å². The van der Waals surface area contributed by atoms with Gasteiger partial charge in [0.2, 0.25) is 0 Å². The summed E-state index contributed by atoms with van der Waals surface area (Å²) < 4.78 is 29.4. The van der Waals surface area contributed by atoms with Crippen molar-refractivity contribution in [1.29, 1.82) is 0 Å². The third-order valence-corrected chi connectivity index (χ3v) is 4.54. The smallest absolute Gasteiger partial charge is 0.339 e. The third kappa shape index (κ3) is 3.68. The molecule has 0 aromatic heterocycles. The second-order valence-corrected chi connectivity index (χ2v) is 6.76.